The molecule has 0 saturated carbocycles. The number of nitrogens with one attached hydrogen (secondary N) is 2. The minimum atomic E-state index is -0.587. The highest BCUT2D eigenvalue weighted by Crippen LogP contribution is 2.42. The Morgan fingerprint density at radius 2 is 1.81 bits per heavy atom. The van der Waals surface area contributed by atoms with Gasteiger partial charge in [0.15, 0.2) is 8.68 Å². The van der Waals surface area contributed by atoms with Crippen molar-refractivity contribution >= 4 is 52.3 Å². The van der Waals surface area contributed by atoms with E-state index in [1.165, 1.54) is 42.3 Å². The topological polar surface area (TPSA) is 117 Å². The van der Waals surface area contributed by atoms with Gasteiger partial charge in [-0.1, -0.05) is 60.8 Å². The maximum Gasteiger partial charge on any atom is 0.323 e. The molecule has 2 aromatic carbocycles. The number of hydrogen-bond donors (Lipinski definition) is 4. The van der Waals surface area contributed by atoms with Gasteiger partial charge in [0, 0.05) is 11.8 Å². The monoisotopic (exact) mass is 478 g/mol. The molecule has 164 valence electrons. The number of phenols is 2. The number of nitrogens with zero attached hydrogens (tertiary/aromatic N) is 2. The van der Waals surface area contributed by atoms with Crippen LogP contribution in [0.1, 0.15) is 13.8 Å². The van der Waals surface area contributed by atoms with E-state index in [-0.39, 0.29) is 17.2 Å². The number of rotatable bonds is 8. The number of hydrogen-bond acceptors (Lipinski definition) is 9. The second-order valence-electron chi connectivity index (χ2n) is 6.76. The van der Waals surface area contributed by atoms with Gasteiger partial charge in [0.2, 0.25) is 0 Å². The van der Waals surface area contributed by atoms with Gasteiger partial charge in [0.1, 0.15) is 17.2 Å². The third kappa shape index (κ3) is 6.42. The second kappa shape index (κ2) is 10.6. The third-order valence-electron chi connectivity index (χ3n) is 3.81. The molecule has 0 aliphatic rings. The molecule has 31 heavy (non-hydrogen) atoms. The number of phenolic OH excluding ortho intramolecular Hbond substituents is 2. The highest BCUT2D eigenvalue weighted by atomic mass is 32.2. The van der Waals surface area contributed by atoms with E-state index in [0.717, 1.165) is 10.1 Å². The number of benzene rings is 2. The van der Waals surface area contributed by atoms with Gasteiger partial charge in [0.25, 0.3) is 0 Å². The fraction of sp³-hybridized carbons (Fsp3) is 0.250. The van der Waals surface area contributed by atoms with Gasteiger partial charge >= 0.3 is 6.03 Å². The van der Waals surface area contributed by atoms with E-state index in [9.17, 15) is 15.0 Å². The first-order valence-corrected chi connectivity index (χ1v) is 11.9. The standard InChI is InChI=1S/C20H22N4O4S3/c1-11(2)10-29-19-23-24-20(31-19)30-17-9-14(25)13(8-15(17)26)22-18(27)21-12-6-4-5-7-16(12)28-3/h4-9,11,25-26H,10H2,1-3H3,(H2,21,22,27). The van der Waals surface area contributed by atoms with Gasteiger partial charge in [-0.15, -0.1) is 10.2 Å². The van der Waals surface area contributed by atoms with E-state index in [2.05, 4.69) is 34.7 Å². The molecule has 0 atom stereocenters. The maximum absolute atomic E-state index is 12.3. The van der Waals surface area contributed by atoms with Crippen LogP contribution < -0.4 is 15.4 Å². The van der Waals surface area contributed by atoms with E-state index in [1.54, 1.807) is 36.0 Å². The summed E-state index contributed by atoms with van der Waals surface area (Å²) in [6, 6.07) is 9.02. The molecular formula is C20H22N4O4S3. The van der Waals surface area contributed by atoms with Gasteiger partial charge < -0.3 is 25.6 Å². The molecule has 0 spiro atoms. The molecule has 0 radical (unpaired) electrons. The number of amides is 2. The zero-order chi connectivity index (χ0) is 22.4. The van der Waals surface area contributed by atoms with Gasteiger partial charge in [-0.2, -0.15) is 0 Å². The van der Waals surface area contributed by atoms with Crippen molar-refractivity contribution in [3.8, 4) is 17.2 Å². The van der Waals surface area contributed by atoms with Crippen LogP contribution in [-0.2, 0) is 0 Å². The Labute approximate surface area is 192 Å². The molecule has 1 aromatic heterocycles. The van der Waals surface area contributed by atoms with Crippen molar-refractivity contribution < 1.29 is 19.7 Å². The van der Waals surface area contributed by atoms with E-state index >= 15 is 0 Å². The van der Waals surface area contributed by atoms with Crippen molar-refractivity contribution in [1.82, 2.24) is 10.2 Å². The average Bonchev–Trinajstić information content (AvgIpc) is 3.18. The van der Waals surface area contributed by atoms with Crippen molar-refractivity contribution in [2.45, 2.75) is 27.4 Å². The van der Waals surface area contributed by atoms with Crippen LogP contribution in [-0.4, -0.2) is 39.3 Å². The number of carbonyl (C=O) groups excluding carboxylic acids is 1. The summed E-state index contributed by atoms with van der Waals surface area (Å²) in [7, 11) is 1.50. The van der Waals surface area contributed by atoms with Crippen LogP contribution in [0.3, 0.4) is 0 Å². The molecule has 0 saturated heterocycles. The number of urea groups is 1. The van der Waals surface area contributed by atoms with Gasteiger partial charge in [-0.05, 0) is 24.1 Å². The van der Waals surface area contributed by atoms with Crippen molar-refractivity contribution in [2.75, 3.05) is 23.5 Å². The van der Waals surface area contributed by atoms with Crippen LogP contribution in [0.25, 0.3) is 0 Å². The van der Waals surface area contributed by atoms with Gasteiger partial charge in [0.05, 0.1) is 23.4 Å². The minimum absolute atomic E-state index is 0.0692. The van der Waals surface area contributed by atoms with Gasteiger partial charge in [-0.25, -0.2) is 4.79 Å². The first-order valence-electron chi connectivity index (χ1n) is 9.27. The van der Waals surface area contributed by atoms with Crippen molar-refractivity contribution in [3.63, 3.8) is 0 Å². The fourth-order valence-corrected chi connectivity index (χ4v) is 5.39. The Balaban J connectivity index is 1.67. The first-order chi connectivity index (χ1) is 14.9. The Kier molecular flexibility index (Phi) is 7.88. The van der Waals surface area contributed by atoms with Crippen LogP contribution >= 0.6 is 34.9 Å². The van der Waals surface area contributed by atoms with Crippen LogP contribution in [0.4, 0.5) is 16.2 Å². The van der Waals surface area contributed by atoms with Crippen LogP contribution in [0, 0.1) is 5.92 Å². The predicted molar refractivity (Wildman–Crippen MR) is 125 cm³/mol. The van der Waals surface area contributed by atoms with Crippen LogP contribution in [0.15, 0.2) is 50.0 Å². The van der Waals surface area contributed by atoms with Crippen molar-refractivity contribution in [2.24, 2.45) is 5.92 Å². The molecule has 0 fully saturated rings. The Hall–Kier alpha value is -2.63. The lowest BCUT2D eigenvalue weighted by Crippen LogP contribution is -2.19. The smallest absolute Gasteiger partial charge is 0.323 e. The quantitative estimate of drug-likeness (QED) is 0.190. The molecule has 0 bridgehead atoms. The summed E-state index contributed by atoms with van der Waals surface area (Å²) in [5, 5.41) is 34.1. The van der Waals surface area contributed by atoms with E-state index in [4.69, 9.17) is 4.74 Å². The van der Waals surface area contributed by atoms with Crippen molar-refractivity contribution in [3.05, 3.63) is 36.4 Å². The van der Waals surface area contributed by atoms with E-state index < -0.39 is 6.03 Å². The number of aromatic hydroxyl groups is 2. The summed E-state index contributed by atoms with van der Waals surface area (Å²) in [6.45, 7) is 4.27. The minimum Gasteiger partial charge on any atom is -0.507 e. The summed E-state index contributed by atoms with van der Waals surface area (Å²) >= 11 is 4.25. The normalized spacial score (nSPS) is 10.8. The molecule has 3 rings (SSSR count). The van der Waals surface area contributed by atoms with E-state index in [0.29, 0.717) is 26.6 Å². The highest BCUT2D eigenvalue weighted by molar-refractivity contribution is 8.03. The molecule has 11 heteroatoms. The summed E-state index contributed by atoms with van der Waals surface area (Å²) in [6.07, 6.45) is 0. The SMILES string of the molecule is COc1ccccc1NC(=O)Nc1cc(O)c(Sc2nnc(SCC(C)C)s2)cc1O. The first kappa shape index (κ1) is 23.0. The van der Waals surface area contributed by atoms with Crippen LogP contribution in [0.2, 0.25) is 0 Å². The Morgan fingerprint density at radius 3 is 2.55 bits per heavy atom. The zero-order valence-corrected chi connectivity index (χ0v) is 19.5. The zero-order valence-electron chi connectivity index (χ0n) is 17.1. The number of aromatic nitrogens is 2. The largest absolute Gasteiger partial charge is 0.507 e. The van der Waals surface area contributed by atoms with Gasteiger partial charge in [-0.3, -0.25) is 0 Å². The molecule has 0 aliphatic heterocycles. The summed E-state index contributed by atoms with van der Waals surface area (Å²) in [5.74, 6) is 1.71. The van der Waals surface area contributed by atoms with Crippen LogP contribution in [0.5, 0.6) is 17.2 Å². The summed E-state index contributed by atoms with van der Waals surface area (Å²) < 4.78 is 6.70. The fourth-order valence-electron chi connectivity index (χ4n) is 2.39. The highest BCUT2D eigenvalue weighted by Gasteiger charge is 2.15. The number of anilines is 2. The average molecular weight is 479 g/mol. The second-order valence-corrected chi connectivity index (χ2v) is 10.3. The molecule has 1 heterocycles. The number of para-hydroxylation sites is 2. The predicted octanol–water partition coefficient (Wildman–Crippen LogP) is 5.50. The number of methoxy groups -OCH3 is 1. The molecule has 0 unspecified atom stereocenters. The molecule has 4 N–H and O–H groups in total. The molecule has 2 amide bonds. The lowest BCUT2D eigenvalue weighted by Gasteiger charge is -2.13. The van der Waals surface area contributed by atoms with E-state index in [1.807, 2.05) is 0 Å². The lowest BCUT2D eigenvalue weighted by atomic mass is 10.2. The Bertz CT molecular complexity index is 1060. The Morgan fingerprint density at radius 1 is 1.10 bits per heavy atom. The summed E-state index contributed by atoms with van der Waals surface area (Å²) in [5.41, 5.74) is 0.542. The molecular weight excluding hydrogens is 456 g/mol. The number of thioether (sulfide) groups is 1. The molecule has 8 nitrogen and oxygen atoms in total. The van der Waals surface area contributed by atoms with Crippen molar-refractivity contribution in [1.29, 1.82) is 0 Å². The third-order valence-corrected chi connectivity index (χ3v) is 7.39. The summed E-state index contributed by atoms with van der Waals surface area (Å²) in [4.78, 5) is 12.7. The molecule has 0 aliphatic carbocycles. The number of ether oxygens (including phenoxy) is 1. The number of carbonyl (C=O) groups is 1. The lowest BCUT2D eigenvalue weighted by molar-refractivity contribution is 0.262. The molecule has 3 aromatic rings. The maximum atomic E-state index is 12.3.